The molecule has 1 aliphatic rings. The Morgan fingerprint density at radius 1 is 1.32 bits per heavy atom. The molecule has 25 heavy (non-hydrogen) atoms. The highest BCUT2D eigenvalue weighted by atomic mass is 16.5. The number of benzene rings is 1. The van der Waals surface area contributed by atoms with Crippen molar-refractivity contribution in [2.24, 2.45) is 5.92 Å². The van der Waals surface area contributed by atoms with Crippen LogP contribution in [0, 0.1) is 12.8 Å². The van der Waals surface area contributed by atoms with E-state index < -0.39 is 11.8 Å². The largest absolute Gasteiger partial charge is 0.497 e. The Morgan fingerprint density at radius 3 is 2.72 bits per heavy atom. The summed E-state index contributed by atoms with van der Waals surface area (Å²) in [5, 5.41) is 5.41. The van der Waals surface area contributed by atoms with Crippen LogP contribution in [0.4, 0.5) is 5.69 Å². The van der Waals surface area contributed by atoms with Gasteiger partial charge < -0.3 is 20.3 Å². The van der Waals surface area contributed by atoms with Gasteiger partial charge in [-0.2, -0.15) is 0 Å². The molecular weight excluding hydrogens is 322 g/mol. The van der Waals surface area contributed by atoms with E-state index in [-0.39, 0.29) is 18.4 Å². The second-order valence-electron chi connectivity index (χ2n) is 6.12. The van der Waals surface area contributed by atoms with E-state index >= 15 is 0 Å². The molecular formula is C18H25N3O4. The number of rotatable bonds is 4. The zero-order chi connectivity index (χ0) is 18.4. The Hall–Kier alpha value is -2.57. The summed E-state index contributed by atoms with van der Waals surface area (Å²) < 4.78 is 5.13. The number of carbonyl (C=O) groups excluding carboxylic acids is 3. The number of hydrogen-bond acceptors (Lipinski definition) is 4. The van der Waals surface area contributed by atoms with E-state index in [1.807, 2.05) is 13.8 Å². The third kappa shape index (κ3) is 4.71. The van der Waals surface area contributed by atoms with Crippen LogP contribution in [-0.4, -0.2) is 49.4 Å². The lowest BCUT2D eigenvalue weighted by molar-refractivity contribution is -0.145. The van der Waals surface area contributed by atoms with Crippen LogP contribution >= 0.6 is 0 Å². The molecule has 1 heterocycles. The minimum absolute atomic E-state index is 0.0635. The van der Waals surface area contributed by atoms with Gasteiger partial charge in [0.05, 0.1) is 13.0 Å². The molecule has 1 saturated heterocycles. The van der Waals surface area contributed by atoms with Crippen LogP contribution in [0.1, 0.15) is 25.3 Å². The summed E-state index contributed by atoms with van der Waals surface area (Å²) >= 11 is 0. The molecule has 0 radical (unpaired) electrons. The van der Waals surface area contributed by atoms with Gasteiger partial charge in [-0.3, -0.25) is 14.4 Å². The van der Waals surface area contributed by atoms with Crippen molar-refractivity contribution in [3.63, 3.8) is 0 Å². The maximum absolute atomic E-state index is 12.4. The molecule has 1 aliphatic heterocycles. The number of amides is 3. The van der Waals surface area contributed by atoms with Crippen LogP contribution in [0.5, 0.6) is 5.75 Å². The van der Waals surface area contributed by atoms with Crippen LogP contribution in [0.2, 0.25) is 0 Å². The first-order chi connectivity index (χ1) is 12.0. The van der Waals surface area contributed by atoms with Gasteiger partial charge in [-0.25, -0.2) is 0 Å². The van der Waals surface area contributed by atoms with Crippen molar-refractivity contribution in [2.45, 2.75) is 26.7 Å². The minimum atomic E-state index is -0.690. The van der Waals surface area contributed by atoms with Crippen LogP contribution < -0.4 is 15.4 Å². The number of ether oxygens (including phenoxy) is 1. The van der Waals surface area contributed by atoms with Crippen molar-refractivity contribution < 1.29 is 19.1 Å². The van der Waals surface area contributed by atoms with Crippen LogP contribution in [0.25, 0.3) is 0 Å². The van der Waals surface area contributed by atoms with Gasteiger partial charge in [0.15, 0.2) is 0 Å². The highest BCUT2D eigenvalue weighted by Gasteiger charge is 2.31. The third-order valence-electron chi connectivity index (χ3n) is 4.31. The maximum Gasteiger partial charge on any atom is 0.313 e. The molecule has 2 rings (SSSR count). The molecule has 0 aromatic heterocycles. The molecule has 1 aromatic rings. The Kier molecular flexibility index (Phi) is 6.38. The molecule has 0 bridgehead atoms. The van der Waals surface area contributed by atoms with E-state index in [1.165, 1.54) is 4.90 Å². The fourth-order valence-corrected chi connectivity index (χ4v) is 2.92. The van der Waals surface area contributed by atoms with Gasteiger partial charge in [-0.05, 0) is 50.5 Å². The lowest BCUT2D eigenvalue weighted by Crippen LogP contribution is -2.48. The van der Waals surface area contributed by atoms with E-state index in [2.05, 4.69) is 10.6 Å². The first-order valence-corrected chi connectivity index (χ1v) is 8.48. The Morgan fingerprint density at radius 2 is 2.08 bits per heavy atom. The van der Waals surface area contributed by atoms with Crippen LogP contribution in [-0.2, 0) is 14.4 Å². The monoisotopic (exact) mass is 347 g/mol. The van der Waals surface area contributed by atoms with Gasteiger partial charge in [-0.1, -0.05) is 0 Å². The second kappa shape index (κ2) is 8.50. The first kappa shape index (κ1) is 18.8. The molecule has 1 fully saturated rings. The zero-order valence-corrected chi connectivity index (χ0v) is 14.9. The van der Waals surface area contributed by atoms with Gasteiger partial charge in [0, 0.05) is 25.3 Å². The summed E-state index contributed by atoms with van der Waals surface area (Å²) in [6.45, 7) is 5.01. The summed E-state index contributed by atoms with van der Waals surface area (Å²) in [7, 11) is 1.57. The Balaban J connectivity index is 1.99. The standard InChI is InChI=1S/C18H25N3O4/c1-4-19-16(22)13-6-5-9-21(11-13)18(24)17(23)20-15-8-7-14(25-3)10-12(15)2/h7-8,10,13H,4-6,9,11H2,1-3H3,(H,19,22)(H,20,23)/t13-/m0/s1. The van der Waals surface area contributed by atoms with E-state index in [0.717, 1.165) is 12.0 Å². The fourth-order valence-electron chi connectivity index (χ4n) is 2.92. The minimum Gasteiger partial charge on any atom is -0.497 e. The fraction of sp³-hybridized carbons (Fsp3) is 0.500. The third-order valence-corrected chi connectivity index (χ3v) is 4.31. The number of carbonyl (C=O) groups is 3. The van der Waals surface area contributed by atoms with Crippen molar-refractivity contribution in [1.82, 2.24) is 10.2 Å². The number of methoxy groups -OCH3 is 1. The number of likely N-dealkylation sites (tertiary alicyclic amines) is 1. The van der Waals surface area contributed by atoms with Gasteiger partial charge >= 0.3 is 11.8 Å². The number of anilines is 1. The average molecular weight is 347 g/mol. The molecule has 0 saturated carbocycles. The smallest absolute Gasteiger partial charge is 0.313 e. The number of hydrogen-bond donors (Lipinski definition) is 2. The van der Waals surface area contributed by atoms with Crippen molar-refractivity contribution in [2.75, 3.05) is 32.1 Å². The molecule has 1 atom stereocenters. The number of aryl methyl sites for hydroxylation is 1. The van der Waals surface area contributed by atoms with E-state index in [9.17, 15) is 14.4 Å². The number of nitrogens with one attached hydrogen (secondary N) is 2. The molecule has 3 amide bonds. The second-order valence-corrected chi connectivity index (χ2v) is 6.12. The Bertz CT molecular complexity index is 660. The predicted octanol–water partition coefficient (Wildman–Crippen LogP) is 1.32. The molecule has 7 nitrogen and oxygen atoms in total. The van der Waals surface area contributed by atoms with Gasteiger partial charge in [0.2, 0.25) is 5.91 Å². The maximum atomic E-state index is 12.4. The molecule has 0 unspecified atom stereocenters. The molecule has 7 heteroatoms. The van der Waals surface area contributed by atoms with Gasteiger partial charge in [-0.15, -0.1) is 0 Å². The quantitative estimate of drug-likeness (QED) is 0.804. The molecule has 0 spiro atoms. The van der Waals surface area contributed by atoms with Gasteiger partial charge in [0.25, 0.3) is 0 Å². The lowest BCUT2D eigenvalue weighted by atomic mass is 9.97. The topological polar surface area (TPSA) is 87.7 Å². The molecule has 1 aromatic carbocycles. The predicted molar refractivity (Wildman–Crippen MR) is 94.3 cm³/mol. The summed E-state index contributed by atoms with van der Waals surface area (Å²) in [5.41, 5.74) is 1.37. The first-order valence-electron chi connectivity index (χ1n) is 8.48. The van der Waals surface area contributed by atoms with Crippen LogP contribution in [0.15, 0.2) is 18.2 Å². The van der Waals surface area contributed by atoms with Crippen molar-refractivity contribution >= 4 is 23.4 Å². The SMILES string of the molecule is CCNC(=O)[C@H]1CCCN(C(=O)C(=O)Nc2ccc(OC)cc2C)C1. The Labute approximate surface area is 147 Å². The van der Waals surface area contributed by atoms with Crippen molar-refractivity contribution in [3.8, 4) is 5.75 Å². The number of piperidine rings is 1. The summed E-state index contributed by atoms with van der Waals surface area (Å²) in [6, 6.07) is 5.21. The highest BCUT2D eigenvalue weighted by molar-refractivity contribution is 6.39. The zero-order valence-electron chi connectivity index (χ0n) is 14.9. The summed E-state index contributed by atoms with van der Waals surface area (Å²) in [4.78, 5) is 38.1. The van der Waals surface area contributed by atoms with Crippen molar-refractivity contribution in [1.29, 1.82) is 0 Å². The summed E-state index contributed by atoms with van der Waals surface area (Å²) in [5.74, 6) is -0.934. The highest BCUT2D eigenvalue weighted by Crippen LogP contribution is 2.22. The van der Waals surface area contributed by atoms with E-state index in [4.69, 9.17) is 4.74 Å². The molecule has 2 N–H and O–H groups in total. The number of nitrogens with zero attached hydrogens (tertiary/aromatic N) is 1. The van der Waals surface area contributed by atoms with Gasteiger partial charge in [0.1, 0.15) is 5.75 Å². The normalized spacial score (nSPS) is 16.9. The average Bonchev–Trinajstić information content (AvgIpc) is 2.63. The molecule has 0 aliphatic carbocycles. The lowest BCUT2D eigenvalue weighted by Gasteiger charge is -2.31. The van der Waals surface area contributed by atoms with Crippen LogP contribution in [0.3, 0.4) is 0 Å². The molecule has 136 valence electrons. The van der Waals surface area contributed by atoms with Crippen molar-refractivity contribution in [3.05, 3.63) is 23.8 Å². The van der Waals surface area contributed by atoms with E-state index in [0.29, 0.717) is 30.9 Å². The van der Waals surface area contributed by atoms with E-state index in [1.54, 1.807) is 25.3 Å². The summed E-state index contributed by atoms with van der Waals surface area (Å²) in [6.07, 6.45) is 1.44.